The minimum absolute atomic E-state index is 0. The van der Waals surface area contributed by atoms with Crippen molar-refractivity contribution in [1.29, 1.82) is 0 Å². The third-order valence-electron chi connectivity index (χ3n) is 3.09. The Balaban J connectivity index is 0.00000441. The van der Waals surface area contributed by atoms with Gasteiger partial charge in [-0.25, -0.2) is 0 Å². The van der Waals surface area contributed by atoms with Gasteiger partial charge in [-0.1, -0.05) is 51.2 Å². The van der Waals surface area contributed by atoms with Crippen molar-refractivity contribution in [1.82, 2.24) is 0 Å². The van der Waals surface area contributed by atoms with Crippen molar-refractivity contribution in [3.8, 4) is 5.75 Å². The summed E-state index contributed by atoms with van der Waals surface area (Å²) in [5.41, 5.74) is 0. The molecule has 120 valence electrons. The summed E-state index contributed by atoms with van der Waals surface area (Å²) >= 11 is 0. The average molecular weight is 338 g/mol. The van der Waals surface area contributed by atoms with Crippen molar-refractivity contribution in [3.05, 3.63) is 24.3 Å². The number of esters is 1. The van der Waals surface area contributed by atoms with E-state index in [0.29, 0.717) is 0 Å². The van der Waals surface area contributed by atoms with Crippen LogP contribution in [0.3, 0.4) is 0 Å². The van der Waals surface area contributed by atoms with Crippen LogP contribution in [0.4, 0.5) is 0 Å². The molecule has 0 saturated heterocycles. The zero-order valence-corrected chi connectivity index (χ0v) is 13.1. The Morgan fingerprint density at radius 1 is 1.09 bits per heavy atom. The molecule has 0 amide bonds. The summed E-state index contributed by atoms with van der Waals surface area (Å²) in [6.45, 7) is 2.14. The van der Waals surface area contributed by atoms with Gasteiger partial charge in [0.2, 0.25) is 0 Å². The van der Waals surface area contributed by atoms with Gasteiger partial charge in [0, 0.05) is 6.42 Å². The molecule has 1 rings (SSSR count). The molecule has 0 radical (unpaired) electrons. The second-order valence-corrected chi connectivity index (χ2v) is 6.30. The van der Waals surface area contributed by atoms with E-state index in [2.05, 4.69) is 6.92 Å². The van der Waals surface area contributed by atoms with E-state index in [1.54, 1.807) is 6.07 Å². The first-order valence-electron chi connectivity index (χ1n) is 7.22. The van der Waals surface area contributed by atoms with Gasteiger partial charge in [-0.15, -0.1) is 0 Å². The number of ether oxygens (including phenoxy) is 1. The number of carbonyl (C=O) groups excluding carboxylic acids is 1. The quantitative estimate of drug-likeness (QED) is 0.246. The molecule has 0 unspecified atom stereocenters. The molecule has 0 heterocycles. The Morgan fingerprint density at radius 2 is 1.68 bits per heavy atom. The zero-order valence-electron chi connectivity index (χ0n) is 12.2. The molecule has 1 N–H and O–H groups in total. The zero-order chi connectivity index (χ0) is 15.7. The summed E-state index contributed by atoms with van der Waals surface area (Å²) in [5, 5.41) is 0. The molecule has 5 nitrogen and oxygen atoms in total. The first-order chi connectivity index (χ1) is 9.95. The molecule has 0 atom stereocenters. The topological polar surface area (TPSA) is 80.7 Å². The Hall–Kier alpha value is -0.400. The summed E-state index contributed by atoms with van der Waals surface area (Å²) < 4.78 is 36.4. The van der Waals surface area contributed by atoms with Gasteiger partial charge >= 0.3 is 35.5 Å². The van der Waals surface area contributed by atoms with Crippen LogP contribution < -0.4 is 4.74 Å². The molecule has 0 spiro atoms. The summed E-state index contributed by atoms with van der Waals surface area (Å²) in [5.74, 6) is -0.613. The van der Waals surface area contributed by atoms with E-state index in [1.165, 1.54) is 31.0 Å². The molecule has 0 saturated carbocycles. The molecule has 0 aromatic heterocycles. The van der Waals surface area contributed by atoms with Crippen LogP contribution in [-0.4, -0.2) is 48.5 Å². The molecule has 0 fully saturated rings. The van der Waals surface area contributed by atoms with Crippen LogP contribution in [-0.2, 0) is 14.9 Å². The molecular formula is C15H23NaO5S. The SMILES string of the molecule is CCCCCCCCC(=O)Oc1ccccc1S(=O)(=O)O.[NaH]. The van der Waals surface area contributed by atoms with Gasteiger partial charge in [-0.3, -0.25) is 9.35 Å². The predicted octanol–water partition coefficient (Wildman–Crippen LogP) is 2.94. The standard InChI is InChI=1S/C15H22O5S.Na.H/c1-2-3-4-5-6-7-12-15(16)20-13-10-8-9-11-14(13)21(17,18)19;;/h8-11H,2-7,12H2,1H3,(H,17,18,19);;. The van der Waals surface area contributed by atoms with Gasteiger partial charge in [0.05, 0.1) is 0 Å². The number of carbonyl (C=O) groups is 1. The molecule has 22 heavy (non-hydrogen) atoms. The second-order valence-electron chi connectivity index (χ2n) is 4.91. The normalized spacial score (nSPS) is 10.8. The van der Waals surface area contributed by atoms with E-state index < -0.39 is 16.1 Å². The summed E-state index contributed by atoms with van der Waals surface area (Å²) in [7, 11) is -4.39. The Labute approximate surface area is 154 Å². The van der Waals surface area contributed by atoms with E-state index in [1.807, 2.05) is 0 Å². The van der Waals surface area contributed by atoms with Crippen LogP contribution in [0.15, 0.2) is 29.2 Å². The van der Waals surface area contributed by atoms with Crippen LogP contribution in [0.1, 0.15) is 51.9 Å². The van der Waals surface area contributed by atoms with Crippen molar-refractivity contribution in [2.24, 2.45) is 0 Å². The second kappa shape index (κ2) is 11.2. The monoisotopic (exact) mass is 338 g/mol. The van der Waals surface area contributed by atoms with Crippen molar-refractivity contribution < 1.29 is 22.5 Å². The van der Waals surface area contributed by atoms with Crippen LogP contribution >= 0.6 is 0 Å². The van der Waals surface area contributed by atoms with Gasteiger partial charge in [0.15, 0.2) is 5.75 Å². The number of unbranched alkanes of at least 4 members (excludes halogenated alkanes) is 5. The fraction of sp³-hybridized carbons (Fsp3) is 0.533. The van der Waals surface area contributed by atoms with E-state index in [9.17, 15) is 13.2 Å². The van der Waals surface area contributed by atoms with Gasteiger partial charge in [0.25, 0.3) is 10.1 Å². The summed E-state index contributed by atoms with van der Waals surface area (Å²) in [6, 6.07) is 5.54. The Kier molecular flexibility index (Phi) is 11.0. The molecule has 1 aromatic carbocycles. The maximum atomic E-state index is 11.7. The van der Waals surface area contributed by atoms with Gasteiger partial charge < -0.3 is 4.74 Å². The number of hydrogen-bond acceptors (Lipinski definition) is 4. The predicted molar refractivity (Wildman–Crippen MR) is 87.0 cm³/mol. The van der Waals surface area contributed by atoms with Crippen molar-refractivity contribution in [2.75, 3.05) is 0 Å². The average Bonchev–Trinajstić information content (AvgIpc) is 2.42. The number of rotatable bonds is 9. The maximum absolute atomic E-state index is 11.7. The fourth-order valence-corrected chi connectivity index (χ4v) is 2.59. The number of para-hydroxylation sites is 1. The molecule has 7 heteroatoms. The van der Waals surface area contributed by atoms with Crippen LogP contribution in [0, 0.1) is 0 Å². The minimum atomic E-state index is -4.39. The Bertz CT molecular complexity index is 557. The van der Waals surface area contributed by atoms with Gasteiger partial charge in [-0.2, -0.15) is 8.42 Å². The summed E-state index contributed by atoms with van der Waals surface area (Å²) in [6.07, 6.45) is 6.54. The molecule has 0 aliphatic carbocycles. The molecule has 1 aromatic rings. The Morgan fingerprint density at radius 3 is 2.32 bits per heavy atom. The molecule has 0 aliphatic heterocycles. The first kappa shape index (κ1) is 21.6. The van der Waals surface area contributed by atoms with E-state index in [4.69, 9.17) is 9.29 Å². The van der Waals surface area contributed by atoms with E-state index in [0.717, 1.165) is 25.7 Å². The molecule has 0 aliphatic rings. The molecular weight excluding hydrogens is 315 g/mol. The third kappa shape index (κ3) is 8.29. The van der Waals surface area contributed by atoms with Crippen molar-refractivity contribution in [3.63, 3.8) is 0 Å². The first-order valence-corrected chi connectivity index (χ1v) is 8.66. The third-order valence-corrected chi connectivity index (χ3v) is 3.98. The van der Waals surface area contributed by atoms with Crippen LogP contribution in [0.2, 0.25) is 0 Å². The number of hydrogen-bond donors (Lipinski definition) is 1. The van der Waals surface area contributed by atoms with Crippen LogP contribution in [0.25, 0.3) is 0 Å². The summed E-state index contributed by atoms with van der Waals surface area (Å²) in [4.78, 5) is 11.3. The fourth-order valence-electron chi connectivity index (χ4n) is 1.97. The number of benzene rings is 1. The van der Waals surface area contributed by atoms with Crippen molar-refractivity contribution in [2.45, 2.75) is 56.8 Å². The van der Waals surface area contributed by atoms with Gasteiger partial charge in [-0.05, 0) is 18.6 Å². The van der Waals surface area contributed by atoms with Crippen molar-refractivity contribution >= 4 is 45.6 Å². The van der Waals surface area contributed by atoms with E-state index in [-0.39, 0.29) is 46.6 Å². The van der Waals surface area contributed by atoms with E-state index >= 15 is 0 Å². The van der Waals surface area contributed by atoms with Gasteiger partial charge in [0.1, 0.15) is 4.90 Å². The van der Waals surface area contributed by atoms with Crippen LogP contribution in [0.5, 0.6) is 5.75 Å². The molecule has 0 bridgehead atoms.